The maximum atomic E-state index is 13.7. The number of hydrogen-bond donors (Lipinski definition) is 2. The van der Waals surface area contributed by atoms with Crippen molar-refractivity contribution in [2.45, 2.75) is 65.0 Å². The highest BCUT2D eigenvalue weighted by Crippen LogP contribution is 2.72. The van der Waals surface area contributed by atoms with Gasteiger partial charge in [0.05, 0.1) is 23.3 Å². The van der Waals surface area contributed by atoms with Gasteiger partial charge < -0.3 is 25.2 Å². The second kappa shape index (κ2) is 6.67. The molecule has 4 saturated carbocycles. The van der Waals surface area contributed by atoms with Gasteiger partial charge in [0.15, 0.2) is 11.5 Å². The average molecular weight is 469 g/mol. The van der Waals surface area contributed by atoms with E-state index in [4.69, 9.17) is 15.2 Å². The first-order valence-corrected chi connectivity index (χ1v) is 12.2. The van der Waals surface area contributed by atoms with Crippen LogP contribution in [0.25, 0.3) is 0 Å². The zero-order chi connectivity index (χ0) is 24.2. The first-order valence-electron chi connectivity index (χ1n) is 12.2. The maximum absolute atomic E-state index is 13.7. The topological polar surface area (TPSA) is 119 Å². The Morgan fingerprint density at radius 1 is 1.18 bits per heavy atom. The molecule has 2 amide bonds. The number of benzene rings is 1. The Morgan fingerprint density at radius 2 is 1.94 bits per heavy atom. The van der Waals surface area contributed by atoms with E-state index in [1.165, 1.54) is 0 Å². The third kappa shape index (κ3) is 2.46. The highest BCUT2D eigenvalue weighted by molar-refractivity contribution is 5.91. The zero-order valence-electron chi connectivity index (χ0n) is 19.9. The van der Waals surface area contributed by atoms with Crippen molar-refractivity contribution in [3.8, 4) is 11.5 Å². The van der Waals surface area contributed by atoms with E-state index in [0.717, 1.165) is 18.4 Å². The van der Waals surface area contributed by atoms with Crippen LogP contribution >= 0.6 is 0 Å². The van der Waals surface area contributed by atoms with Crippen molar-refractivity contribution in [3.05, 3.63) is 23.8 Å². The Kier molecular flexibility index (Phi) is 4.27. The number of carboxylic acids is 1. The maximum Gasteiger partial charge on any atom is 0.303 e. The van der Waals surface area contributed by atoms with Gasteiger partial charge in [-0.25, -0.2) is 0 Å². The van der Waals surface area contributed by atoms with Crippen LogP contribution in [0.4, 0.5) is 0 Å². The summed E-state index contributed by atoms with van der Waals surface area (Å²) < 4.78 is 11.4. The number of carboxylic acid groups (broad SMARTS) is 1. The van der Waals surface area contributed by atoms with Crippen LogP contribution in [0.2, 0.25) is 0 Å². The van der Waals surface area contributed by atoms with Crippen LogP contribution in [0, 0.1) is 34.0 Å². The summed E-state index contributed by atoms with van der Waals surface area (Å²) in [7, 11) is 0. The van der Waals surface area contributed by atoms with Crippen molar-refractivity contribution in [3.63, 3.8) is 0 Å². The molecule has 1 saturated heterocycles. The van der Waals surface area contributed by atoms with Gasteiger partial charge in [-0.1, -0.05) is 19.1 Å². The highest BCUT2D eigenvalue weighted by Gasteiger charge is 2.72. The molecule has 2 heterocycles. The second-order valence-corrected chi connectivity index (χ2v) is 12.0. The summed E-state index contributed by atoms with van der Waals surface area (Å²) in [5.41, 5.74) is 4.69. The number of nitrogens with two attached hydrogens (primary N) is 1. The van der Waals surface area contributed by atoms with Gasteiger partial charge in [-0.05, 0) is 68.8 Å². The van der Waals surface area contributed by atoms with Gasteiger partial charge in [0.25, 0.3) is 0 Å². The molecule has 7 atom stereocenters. The number of hydrogen-bond acceptors (Lipinski definition) is 5. The van der Waals surface area contributed by atoms with Crippen LogP contribution in [0.15, 0.2) is 18.2 Å². The van der Waals surface area contributed by atoms with Gasteiger partial charge in [0, 0.05) is 11.6 Å². The number of fused-ring (bicyclic) bond motifs is 1. The molecule has 1 aromatic rings. The number of ether oxygens (including phenoxy) is 2. The van der Waals surface area contributed by atoms with Crippen LogP contribution in [0.3, 0.4) is 0 Å². The van der Waals surface area contributed by atoms with Crippen molar-refractivity contribution in [2.75, 3.05) is 6.79 Å². The molecule has 0 spiro atoms. The van der Waals surface area contributed by atoms with Crippen molar-refractivity contribution < 1.29 is 29.0 Å². The van der Waals surface area contributed by atoms with E-state index < -0.39 is 22.2 Å². The molecular weight excluding hydrogens is 436 g/mol. The monoisotopic (exact) mass is 468 g/mol. The number of rotatable bonds is 5. The Hall–Kier alpha value is -2.77. The third-order valence-corrected chi connectivity index (χ3v) is 10.1. The van der Waals surface area contributed by atoms with Crippen molar-refractivity contribution in [1.29, 1.82) is 0 Å². The number of β-lactam (4-membered cyclic amide) rings is 1. The van der Waals surface area contributed by atoms with E-state index in [9.17, 15) is 19.5 Å². The average Bonchev–Trinajstić information content (AvgIpc) is 3.24. The third-order valence-electron chi connectivity index (χ3n) is 10.1. The van der Waals surface area contributed by atoms with Crippen molar-refractivity contribution in [1.82, 2.24) is 4.90 Å². The van der Waals surface area contributed by atoms with Crippen LogP contribution in [0.5, 0.6) is 11.5 Å². The number of para-hydroxylation sites is 1. The van der Waals surface area contributed by atoms with Crippen LogP contribution in [0.1, 0.15) is 64.5 Å². The lowest BCUT2D eigenvalue weighted by Gasteiger charge is -2.71. The second-order valence-electron chi connectivity index (χ2n) is 12.0. The smallest absolute Gasteiger partial charge is 0.303 e. The van der Waals surface area contributed by atoms with E-state index >= 15 is 0 Å². The lowest BCUT2D eigenvalue weighted by molar-refractivity contribution is -0.233. The summed E-state index contributed by atoms with van der Waals surface area (Å²) in [4.78, 5) is 40.6. The van der Waals surface area contributed by atoms with Gasteiger partial charge in [0.1, 0.15) is 0 Å². The predicted molar refractivity (Wildman–Crippen MR) is 121 cm³/mol. The van der Waals surface area contributed by atoms with Gasteiger partial charge in [-0.2, -0.15) is 0 Å². The molecule has 0 aromatic heterocycles. The minimum Gasteiger partial charge on any atom is -0.481 e. The Labute approximate surface area is 198 Å². The number of nitrogens with zero attached hydrogens (tertiary/aromatic N) is 1. The first-order chi connectivity index (χ1) is 16.0. The molecule has 182 valence electrons. The fourth-order valence-corrected chi connectivity index (χ4v) is 8.72. The van der Waals surface area contributed by atoms with E-state index in [0.29, 0.717) is 30.3 Å². The molecule has 6 aliphatic rings. The number of carbonyl (C=O) groups is 3. The summed E-state index contributed by atoms with van der Waals surface area (Å²) in [5, 5.41) is 9.86. The minimum absolute atomic E-state index is 0.0669. The molecule has 8 nitrogen and oxygen atoms in total. The standard InChI is InChI=1S/C26H32N2O6/c1-24(2)21(15-5-4-6-17-20(15)34-12-33-17)28(23(24)32)19-14-7-13-8-16(19)25(3,11-18(29)30)26(9-13,10-14)22(27)31/h4-6,13-14,16,19,21H,7-12H2,1-3H3,(H2,27,31)(H,29,30)/t13?,14?,16-,19?,21?,25?,26-/m0/s1. The summed E-state index contributed by atoms with van der Waals surface area (Å²) in [5.74, 6) is 0.499. The molecule has 5 unspecified atom stereocenters. The number of likely N-dealkylation sites (tertiary alicyclic amines) is 1. The summed E-state index contributed by atoms with van der Waals surface area (Å²) in [6, 6.07) is 5.45. The molecule has 5 fully saturated rings. The largest absolute Gasteiger partial charge is 0.481 e. The molecule has 34 heavy (non-hydrogen) atoms. The lowest BCUT2D eigenvalue weighted by atomic mass is 9.36. The molecule has 8 heteroatoms. The Morgan fingerprint density at radius 3 is 2.65 bits per heavy atom. The first kappa shape index (κ1) is 21.7. The minimum atomic E-state index is -0.924. The number of amides is 2. The van der Waals surface area contributed by atoms with Crippen LogP contribution in [-0.2, 0) is 14.4 Å². The van der Waals surface area contributed by atoms with Gasteiger partial charge in [-0.15, -0.1) is 0 Å². The molecule has 7 rings (SSSR count). The molecule has 4 aliphatic carbocycles. The lowest BCUT2D eigenvalue weighted by Crippen LogP contribution is -2.75. The molecule has 3 N–H and O–H groups in total. The van der Waals surface area contributed by atoms with Gasteiger partial charge in [-0.3, -0.25) is 14.4 Å². The SMILES string of the molecule is CC1(C)C(=O)N(C2C3CC4C[C@@H]2C(C)(CC(=O)O)[C@@](C(N)=O)(C4)C3)C1c1cccc2c1OCO2. The Bertz CT molecular complexity index is 1120. The molecule has 4 bridgehead atoms. The van der Waals surface area contributed by atoms with E-state index in [-0.39, 0.29) is 48.9 Å². The fraction of sp³-hybridized carbons (Fsp3) is 0.654. The van der Waals surface area contributed by atoms with Crippen molar-refractivity contribution in [2.24, 2.45) is 39.7 Å². The van der Waals surface area contributed by atoms with E-state index in [2.05, 4.69) is 0 Å². The summed E-state index contributed by atoms with van der Waals surface area (Å²) >= 11 is 0. The molecule has 2 aliphatic heterocycles. The van der Waals surface area contributed by atoms with E-state index in [1.54, 1.807) is 0 Å². The molecular formula is C26H32N2O6. The normalized spacial score (nSPS) is 40.9. The molecule has 1 aromatic carbocycles. The fourth-order valence-electron chi connectivity index (χ4n) is 8.72. The summed E-state index contributed by atoms with van der Waals surface area (Å²) in [6.07, 6.45) is 2.86. The number of carbonyl (C=O) groups excluding carboxylic acids is 2. The predicted octanol–water partition coefficient (Wildman–Crippen LogP) is 3.10. The number of aliphatic carboxylic acids is 1. The van der Waals surface area contributed by atoms with Crippen LogP contribution < -0.4 is 15.2 Å². The van der Waals surface area contributed by atoms with Crippen LogP contribution in [-0.4, -0.2) is 40.6 Å². The zero-order valence-corrected chi connectivity index (χ0v) is 19.9. The van der Waals surface area contributed by atoms with E-state index in [1.807, 2.05) is 43.9 Å². The highest BCUT2D eigenvalue weighted by atomic mass is 16.7. The Balaban J connectivity index is 1.46. The van der Waals surface area contributed by atoms with Gasteiger partial charge >= 0.3 is 5.97 Å². The van der Waals surface area contributed by atoms with Gasteiger partial charge in [0.2, 0.25) is 18.6 Å². The molecule has 0 radical (unpaired) electrons. The quantitative estimate of drug-likeness (QED) is 0.641. The van der Waals surface area contributed by atoms with Crippen molar-refractivity contribution >= 4 is 17.8 Å². The summed E-state index contributed by atoms with van der Waals surface area (Å²) in [6.45, 7) is 6.01. The number of primary amides is 1.